The number of aliphatic carboxylic acids is 1. The van der Waals surface area contributed by atoms with Crippen LogP contribution in [-0.2, 0) is 19.6 Å². The van der Waals surface area contributed by atoms with Crippen molar-refractivity contribution >= 4 is 44.4 Å². The van der Waals surface area contributed by atoms with Crippen molar-refractivity contribution in [2.75, 3.05) is 24.6 Å². The van der Waals surface area contributed by atoms with Gasteiger partial charge < -0.3 is 10.4 Å². The first-order valence-corrected chi connectivity index (χ1v) is 10.6. The Balaban J connectivity index is 1.78. The van der Waals surface area contributed by atoms with E-state index in [1.807, 2.05) is 24.3 Å². The second-order valence-corrected chi connectivity index (χ2v) is 8.33. The van der Waals surface area contributed by atoms with Crippen molar-refractivity contribution in [1.82, 2.24) is 10.0 Å². The maximum Gasteiger partial charge on any atom is 0.313 e. The molecule has 0 heterocycles. The van der Waals surface area contributed by atoms with Crippen LogP contribution in [0.3, 0.4) is 0 Å². The topological polar surface area (TPSA) is 113 Å². The van der Waals surface area contributed by atoms with Crippen LogP contribution in [0.4, 0.5) is 0 Å². The molecule has 0 unspecified atom stereocenters. The van der Waals surface area contributed by atoms with Crippen molar-refractivity contribution in [3.63, 3.8) is 0 Å². The monoisotopic (exact) mass is 396 g/mol. The van der Waals surface area contributed by atoms with Gasteiger partial charge in [-0.1, -0.05) is 30.3 Å². The van der Waals surface area contributed by atoms with Crippen molar-refractivity contribution in [2.45, 2.75) is 11.3 Å². The molecule has 2 aromatic rings. The molecule has 7 nitrogen and oxygen atoms in total. The van der Waals surface area contributed by atoms with Gasteiger partial charge >= 0.3 is 5.97 Å². The predicted molar refractivity (Wildman–Crippen MR) is 102 cm³/mol. The molecule has 140 valence electrons. The maximum absolute atomic E-state index is 12.3. The molecule has 2 aromatic carbocycles. The Labute approximate surface area is 156 Å². The Kier molecular flexibility index (Phi) is 7.43. The number of rotatable bonds is 10. The van der Waals surface area contributed by atoms with E-state index in [4.69, 9.17) is 5.11 Å². The maximum atomic E-state index is 12.3. The lowest BCUT2D eigenvalue weighted by atomic mass is 10.1. The summed E-state index contributed by atoms with van der Waals surface area (Å²) in [4.78, 5) is 22.2. The Morgan fingerprint density at radius 2 is 1.77 bits per heavy atom. The third-order valence-electron chi connectivity index (χ3n) is 3.47. The zero-order valence-corrected chi connectivity index (χ0v) is 15.6. The minimum atomic E-state index is -3.69. The summed E-state index contributed by atoms with van der Waals surface area (Å²) in [5.74, 6) is -0.714. The number of carbonyl (C=O) groups excluding carboxylic acids is 1. The zero-order chi connectivity index (χ0) is 19.0. The van der Waals surface area contributed by atoms with Gasteiger partial charge in [-0.3, -0.25) is 9.59 Å². The fourth-order valence-electron chi connectivity index (χ4n) is 2.23. The van der Waals surface area contributed by atoms with Crippen LogP contribution in [0.5, 0.6) is 0 Å². The van der Waals surface area contributed by atoms with Crippen LogP contribution in [0.2, 0.25) is 0 Å². The number of carbonyl (C=O) groups is 2. The second-order valence-electron chi connectivity index (χ2n) is 5.45. The quantitative estimate of drug-likeness (QED) is 0.524. The SMILES string of the molecule is O=C(O)CSCCNC(=O)CCNS(=O)(=O)c1ccc2ccccc2c1. The van der Waals surface area contributed by atoms with Crippen LogP contribution in [0.15, 0.2) is 47.4 Å². The number of amides is 1. The van der Waals surface area contributed by atoms with E-state index in [1.165, 1.54) is 17.8 Å². The van der Waals surface area contributed by atoms with Gasteiger partial charge in [-0.2, -0.15) is 0 Å². The van der Waals surface area contributed by atoms with E-state index in [9.17, 15) is 18.0 Å². The van der Waals surface area contributed by atoms with Gasteiger partial charge in [0, 0.05) is 25.3 Å². The summed E-state index contributed by atoms with van der Waals surface area (Å²) < 4.78 is 27.1. The van der Waals surface area contributed by atoms with Crippen LogP contribution in [0.1, 0.15) is 6.42 Å². The molecule has 0 spiro atoms. The van der Waals surface area contributed by atoms with Crippen molar-refractivity contribution in [2.24, 2.45) is 0 Å². The van der Waals surface area contributed by atoms with Gasteiger partial charge in [0.2, 0.25) is 15.9 Å². The lowest BCUT2D eigenvalue weighted by molar-refractivity contribution is -0.133. The van der Waals surface area contributed by atoms with E-state index < -0.39 is 16.0 Å². The van der Waals surface area contributed by atoms with Crippen LogP contribution in [0, 0.1) is 0 Å². The first-order valence-electron chi connectivity index (χ1n) is 7.93. The molecule has 0 atom stereocenters. The highest BCUT2D eigenvalue weighted by atomic mass is 32.2. The zero-order valence-electron chi connectivity index (χ0n) is 14.0. The minimum Gasteiger partial charge on any atom is -0.481 e. The fraction of sp³-hybridized carbons (Fsp3) is 0.294. The van der Waals surface area contributed by atoms with Gasteiger partial charge in [0.15, 0.2) is 0 Å². The molecule has 26 heavy (non-hydrogen) atoms. The number of carboxylic acid groups (broad SMARTS) is 1. The molecule has 0 saturated carbocycles. The lowest BCUT2D eigenvalue weighted by Crippen LogP contribution is -2.31. The molecule has 0 radical (unpaired) electrons. The standard InChI is InChI=1S/C17H20N2O5S2/c20-16(18-9-10-25-12-17(21)22)7-8-19-26(23,24)15-6-5-13-3-1-2-4-14(13)11-15/h1-6,11,19H,7-10,12H2,(H,18,20)(H,21,22). The number of hydrogen-bond acceptors (Lipinski definition) is 5. The summed E-state index contributed by atoms with van der Waals surface area (Å²) in [6.45, 7) is 0.331. The number of nitrogens with one attached hydrogen (secondary N) is 2. The Hall–Kier alpha value is -2.10. The van der Waals surface area contributed by atoms with Crippen molar-refractivity contribution in [3.05, 3.63) is 42.5 Å². The highest BCUT2D eigenvalue weighted by Gasteiger charge is 2.14. The Morgan fingerprint density at radius 1 is 1.04 bits per heavy atom. The van der Waals surface area contributed by atoms with Gasteiger partial charge in [-0.05, 0) is 22.9 Å². The summed E-state index contributed by atoms with van der Waals surface area (Å²) in [6.07, 6.45) is 0.0103. The first kappa shape index (κ1) is 20.2. The van der Waals surface area contributed by atoms with Crippen LogP contribution >= 0.6 is 11.8 Å². The highest BCUT2D eigenvalue weighted by Crippen LogP contribution is 2.18. The molecule has 0 aliphatic heterocycles. The molecule has 0 aromatic heterocycles. The number of thioether (sulfide) groups is 1. The van der Waals surface area contributed by atoms with Gasteiger partial charge in [0.25, 0.3) is 0 Å². The smallest absolute Gasteiger partial charge is 0.313 e. The van der Waals surface area contributed by atoms with Gasteiger partial charge in [-0.25, -0.2) is 13.1 Å². The van der Waals surface area contributed by atoms with E-state index in [2.05, 4.69) is 10.0 Å². The molecule has 0 aliphatic rings. The molecule has 0 saturated heterocycles. The van der Waals surface area contributed by atoms with Gasteiger partial charge in [-0.15, -0.1) is 11.8 Å². The van der Waals surface area contributed by atoms with Crippen LogP contribution in [0.25, 0.3) is 10.8 Å². The number of hydrogen-bond donors (Lipinski definition) is 3. The average Bonchev–Trinajstić information content (AvgIpc) is 2.60. The summed E-state index contributed by atoms with van der Waals surface area (Å²) in [7, 11) is -3.69. The molecule has 0 fully saturated rings. The molecule has 1 amide bonds. The lowest BCUT2D eigenvalue weighted by Gasteiger charge is -2.08. The predicted octanol–water partition coefficient (Wildman–Crippen LogP) is 1.44. The molecule has 0 bridgehead atoms. The first-order chi connectivity index (χ1) is 12.4. The molecule has 2 rings (SSSR count). The van der Waals surface area contributed by atoms with Crippen LogP contribution in [-0.4, -0.2) is 50.0 Å². The van der Waals surface area contributed by atoms with Crippen molar-refractivity contribution < 1.29 is 23.1 Å². The van der Waals surface area contributed by atoms with E-state index in [1.54, 1.807) is 12.1 Å². The van der Waals surface area contributed by atoms with E-state index in [-0.39, 0.29) is 29.5 Å². The van der Waals surface area contributed by atoms with Crippen LogP contribution < -0.4 is 10.0 Å². The molecule has 9 heteroatoms. The Morgan fingerprint density at radius 3 is 2.50 bits per heavy atom. The normalized spacial score (nSPS) is 11.4. The number of fused-ring (bicyclic) bond motifs is 1. The summed E-state index contributed by atoms with van der Waals surface area (Å²) in [5.41, 5.74) is 0. The number of carboxylic acids is 1. The van der Waals surface area contributed by atoms with Crippen molar-refractivity contribution in [1.29, 1.82) is 0 Å². The van der Waals surface area contributed by atoms with Crippen molar-refractivity contribution in [3.8, 4) is 0 Å². The molecule has 0 aliphatic carbocycles. The van der Waals surface area contributed by atoms with E-state index >= 15 is 0 Å². The fourth-order valence-corrected chi connectivity index (χ4v) is 3.86. The summed E-state index contributed by atoms with van der Waals surface area (Å²) in [6, 6.07) is 12.3. The van der Waals surface area contributed by atoms with Gasteiger partial charge in [0.1, 0.15) is 0 Å². The third kappa shape index (κ3) is 6.32. The van der Waals surface area contributed by atoms with E-state index in [0.717, 1.165) is 10.8 Å². The van der Waals surface area contributed by atoms with E-state index in [0.29, 0.717) is 12.3 Å². The summed E-state index contributed by atoms with van der Waals surface area (Å²) in [5, 5.41) is 12.9. The second kappa shape index (κ2) is 9.56. The highest BCUT2D eigenvalue weighted by molar-refractivity contribution is 7.99. The molecular formula is C17H20N2O5S2. The molecular weight excluding hydrogens is 376 g/mol. The molecule has 3 N–H and O–H groups in total. The van der Waals surface area contributed by atoms with Gasteiger partial charge in [0.05, 0.1) is 10.6 Å². The number of sulfonamides is 1. The summed E-state index contributed by atoms with van der Waals surface area (Å²) >= 11 is 1.20. The number of benzene rings is 2. The average molecular weight is 396 g/mol. The largest absolute Gasteiger partial charge is 0.481 e. The Bertz CT molecular complexity index is 884. The minimum absolute atomic E-state index is 0.0103. The third-order valence-corrected chi connectivity index (χ3v) is 5.87.